The highest BCUT2D eigenvalue weighted by molar-refractivity contribution is 6.13. The molecule has 0 saturated heterocycles. The van der Waals surface area contributed by atoms with Gasteiger partial charge in [-0.2, -0.15) is 0 Å². The van der Waals surface area contributed by atoms with Crippen LogP contribution in [0.4, 0.5) is 0 Å². The van der Waals surface area contributed by atoms with Crippen LogP contribution in [0.2, 0.25) is 0 Å². The summed E-state index contributed by atoms with van der Waals surface area (Å²) in [5, 5.41) is 11.6. The monoisotopic (exact) mass is 300 g/mol. The molecule has 116 valence electrons. The van der Waals surface area contributed by atoms with E-state index in [-0.39, 0.29) is 5.97 Å². The SMILES string of the molecule is CCOC(=O)C(C)(C)N/C=C(\C=N)c1ccnc2[nH]ccc12. The molecule has 2 aromatic rings. The number of hydrogen-bond donors (Lipinski definition) is 3. The minimum atomic E-state index is -0.867. The van der Waals surface area contributed by atoms with Crippen LogP contribution in [0.5, 0.6) is 0 Å². The Kier molecular flexibility index (Phi) is 4.60. The zero-order chi connectivity index (χ0) is 16.2. The van der Waals surface area contributed by atoms with E-state index >= 15 is 0 Å². The summed E-state index contributed by atoms with van der Waals surface area (Å²) in [6, 6.07) is 3.75. The van der Waals surface area contributed by atoms with Crippen molar-refractivity contribution in [2.75, 3.05) is 6.61 Å². The number of hydrogen-bond acceptors (Lipinski definition) is 5. The van der Waals surface area contributed by atoms with Gasteiger partial charge in [0.15, 0.2) is 0 Å². The highest BCUT2D eigenvalue weighted by Gasteiger charge is 2.27. The predicted octanol–water partition coefficient (Wildman–Crippen LogP) is 2.48. The highest BCUT2D eigenvalue weighted by Crippen LogP contribution is 2.22. The molecule has 0 aliphatic rings. The number of allylic oxidation sites excluding steroid dienone is 1. The second-order valence-electron chi connectivity index (χ2n) is 5.33. The molecule has 0 aliphatic carbocycles. The van der Waals surface area contributed by atoms with Crippen molar-refractivity contribution in [2.45, 2.75) is 26.3 Å². The number of esters is 1. The Morgan fingerprint density at radius 2 is 2.27 bits per heavy atom. The third-order valence-corrected chi connectivity index (χ3v) is 3.30. The van der Waals surface area contributed by atoms with Crippen LogP contribution in [0, 0.1) is 5.41 Å². The topological polar surface area (TPSA) is 90.9 Å². The van der Waals surface area contributed by atoms with E-state index in [1.807, 2.05) is 12.1 Å². The van der Waals surface area contributed by atoms with Crippen LogP contribution in [0.3, 0.4) is 0 Å². The molecule has 3 N–H and O–H groups in total. The van der Waals surface area contributed by atoms with E-state index in [2.05, 4.69) is 15.3 Å². The van der Waals surface area contributed by atoms with Crippen molar-refractivity contribution in [3.05, 3.63) is 36.3 Å². The molecule has 0 spiro atoms. The van der Waals surface area contributed by atoms with Crippen LogP contribution in [-0.4, -0.2) is 34.3 Å². The normalized spacial score (nSPS) is 12.2. The van der Waals surface area contributed by atoms with Crippen LogP contribution in [0.15, 0.2) is 30.7 Å². The Morgan fingerprint density at radius 1 is 1.50 bits per heavy atom. The van der Waals surface area contributed by atoms with Gasteiger partial charge < -0.3 is 20.4 Å². The van der Waals surface area contributed by atoms with Gasteiger partial charge >= 0.3 is 5.97 Å². The van der Waals surface area contributed by atoms with Crippen LogP contribution in [0.25, 0.3) is 16.6 Å². The number of fused-ring (bicyclic) bond motifs is 1. The molecule has 2 rings (SSSR count). The summed E-state index contributed by atoms with van der Waals surface area (Å²) >= 11 is 0. The van der Waals surface area contributed by atoms with Crippen molar-refractivity contribution in [3.63, 3.8) is 0 Å². The van der Waals surface area contributed by atoms with Gasteiger partial charge in [0.1, 0.15) is 11.2 Å². The van der Waals surface area contributed by atoms with Crippen LogP contribution in [0.1, 0.15) is 26.3 Å². The van der Waals surface area contributed by atoms with Crippen LogP contribution in [-0.2, 0) is 9.53 Å². The van der Waals surface area contributed by atoms with E-state index in [9.17, 15) is 4.79 Å². The zero-order valence-electron chi connectivity index (χ0n) is 12.9. The Morgan fingerprint density at radius 3 is 2.95 bits per heavy atom. The van der Waals surface area contributed by atoms with E-state index in [1.165, 1.54) is 6.21 Å². The summed E-state index contributed by atoms with van der Waals surface area (Å²) in [6.45, 7) is 5.58. The van der Waals surface area contributed by atoms with Crippen molar-refractivity contribution in [3.8, 4) is 0 Å². The summed E-state index contributed by atoms with van der Waals surface area (Å²) in [5.74, 6) is -0.336. The first-order chi connectivity index (χ1) is 10.5. The van der Waals surface area contributed by atoms with Gasteiger partial charge in [0.05, 0.1) is 6.61 Å². The first-order valence-corrected chi connectivity index (χ1v) is 7.07. The van der Waals surface area contributed by atoms with Gasteiger partial charge in [-0.1, -0.05) is 0 Å². The Labute approximate surface area is 129 Å². The van der Waals surface area contributed by atoms with Gasteiger partial charge in [-0.15, -0.1) is 0 Å². The van der Waals surface area contributed by atoms with Gasteiger partial charge in [-0.3, -0.25) is 0 Å². The number of nitrogens with zero attached hydrogens (tertiary/aromatic N) is 1. The van der Waals surface area contributed by atoms with Crippen molar-refractivity contribution in [1.29, 1.82) is 5.41 Å². The predicted molar refractivity (Wildman–Crippen MR) is 86.7 cm³/mol. The number of carbonyl (C=O) groups is 1. The molecule has 0 saturated carbocycles. The number of ether oxygens (including phenoxy) is 1. The second kappa shape index (κ2) is 6.43. The van der Waals surface area contributed by atoms with Crippen molar-refractivity contribution in [1.82, 2.24) is 15.3 Å². The molecule has 0 aromatic carbocycles. The molecule has 0 radical (unpaired) electrons. The molecule has 0 aliphatic heterocycles. The number of rotatable bonds is 6. The van der Waals surface area contributed by atoms with Crippen molar-refractivity contribution >= 4 is 28.8 Å². The number of H-pyrrole nitrogens is 1. The van der Waals surface area contributed by atoms with E-state index in [0.29, 0.717) is 12.2 Å². The molecule has 6 nitrogen and oxygen atoms in total. The zero-order valence-corrected chi connectivity index (χ0v) is 12.9. The van der Waals surface area contributed by atoms with Gasteiger partial charge in [0.2, 0.25) is 0 Å². The minimum absolute atomic E-state index is 0.333. The maximum atomic E-state index is 11.9. The smallest absolute Gasteiger partial charge is 0.331 e. The second-order valence-corrected chi connectivity index (χ2v) is 5.33. The number of carbonyl (C=O) groups excluding carboxylic acids is 1. The van der Waals surface area contributed by atoms with E-state index < -0.39 is 5.54 Å². The first-order valence-electron chi connectivity index (χ1n) is 7.07. The number of aromatic amines is 1. The van der Waals surface area contributed by atoms with E-state index in [1.54, 1.807) is 39.4 Å². The molecule has 0 bridgehead atoms. The standard InChI is InChI=1S/C16H20N4O2/c1-4-22-15(21)16(2,3)20-10-11(9-17)12-5-7-18-14-13(12)6-8-19-14/h5-10,17,20H,4H2,1-3H3,(H,18,19)/b11-10+,17-9?. The lowest BCUT2D eigenvalue weighted by Gasteiger charge is -2.23. The van der Waals surface area contributed by atoms with E-state index in [4.69, 9.17) is 10.1 Å². The van der Waals surface area contributed by atoms with Gasteiger partial charge in [0.25, 0.3) is 0 Å². The molecule has 6 heteroatoms. The summed E-state index contributed by atoms with van der Waals surface area (Å²) in [6.07, 6.45) is 6.39. The quantitative estimate of drug-likeness (QED) is 0.564. The average Bonchev–Trinajstić information content (AvgIpc) is 2.97. The largest absolute Gasteiger partial charge is 0.464 e. The molecule has 0 amide bonds. The molecule has 0 unspecified atom stereocenters. The van der Waals surface area contributed by atoms with Gasteiger partial charge in [-0.25, -0.2) is 9.78 Å². The fourth-order valence-corrected chi connectivity index (χ4v) is 2.04. The Bertz CT molecular complexity index is 716. The number of aromatic nitrogens is 2. The van der Waals surface area contributed by atoms with Crippen LogP contribution >= 0.6 is 0 Å². The summed E-state index contributed by atoms with van der Waals surface area (Å²) in [4.78, 5) is 19.2. The first kappa shape index (κ1) is 15.8. The third kappa shape index (κ3) is 3.16. The van der Waals surface area contributed by atoms with Crippen LogP contribution < -0.4 is 5.32 Å². The Hall–Kier alpha value is -2.63. The van der Waals surface area contributed by atoms with Crippen molar-refractivity contribution in [2.24, 2.45) is 0 Å². The molecule has 2 aromatic heterocycles. The lowest BCUT2D eigenvalue weighted by atomic mass is 10.0. The summed E-state index contributed by atoms with van der Waals surface area (Å²) in [5.41, 5.74) is 1.42. The highest BCUT2D eigenvalue weighted by atomic mass is 16.5. The third-order valence-electron chi connectivity index (χ3n) is 3.30. The molecule has 0 atom stereocenters. The lowest BCUT2D eigenvalue weighted by molar-refractivity contribution is -0.149. The average molecular weight is 300 g/mol. The molecular formula is C16H20N4O2. The molecule has 0 fully saturated rings. The van der Waals surface area contributed by atoms with Gasteiger partial charge in [-0.05, 0) is 38.5 Å². The van der Waals surface area contributed by atoms with Gasteiger partial charge in [0, 0.05) is 35.8 Å². The lowest BCUT2D eigenvalue weighted by Crippen LogP contribution is -2.45. The molecule has 2 heterocycles. The fraction of sp³-hybridized carbons (Fsp3) is 0.312. The van der Waals surface area contributed by atoms with E-state index in [0.717, 1.165) is 16.6 Å². The summed E-state index contributed by atoms with van der Waals surface area (Å²) in [7, 11) is 0. The van der Waals surface area contributed by atoms with Crippen molar-refractivity contribution < 1.29 is 9.53 Å². The number of nitrogens with one attached hydrogen (secondary N) is 3. The maximum Gasteiger partial charge on any atom is 0.331 e. The molecular weight excluding hydrogens is 280 g/mol. The fourth-order valence-electron chi connectivity index (χ4n) is 2.04. The molecule has 22 heavy (non-hydrogen) atoms. The minimum Gasteiger partial charge on any atom is -0.464 e. The Balaban J connectivity index is 2.30. The summed E-state index contributed by atoms with van der Waals surface area (Å²) < 4.78 is 5.03. The maximum absolute atomic E-state index is 11.9. The number of pyridine rings is 1.